The van der Waals surface area contributed by atoms with E-state index in [4.69, 9.17) is 0 Å². The molecule has 1 amide bonds. The van der Waals surface area contributed by atoms with Crippen molar-refractivity contribution in [1.82, 2.24) is 5.32 Å². The van der Waals surface area contributed by atoms with Gasteiger partial charge in [0.1, 0.15) is 0 Å². The highest BCUT2D eigenvalue weighted by Crippen LogP contribution is 2.34. The van der Waals surface area contributed by atoms with Crippen LogP contribution in [0.5, 0.6) is 0 Å². The van der Waals surface area contributed by atoms with E-state index in [0.717, 1.165) is 24.1 Å². The zero-order valence-corrected chi connectivity index (χ0v) is 12.8. The van der Waals surface area contributed by atoms with Gasteiger partial charge in [0.25, 0.3) is 0 Å². The second-order valence-electron chi connectivity index (χ2n) is 5.97. The first-order valence-electron chi connectivity index (χ1n) is 7.77. The third-order valence-electron chi connectivity index (χ3n) is 4.02. The minimum absolute atomic E-state index is 0.0217. The van der Waals surface area contributed by atoms with Crippen LogP contribution in [0.2, 0.25) is 0 Å². The van der Waals surface area contributed by atoms with Gasteiger partial charge < -0.3 is 10.6 Å². The van der Waals surface area contributed by atoms with Gasteiger partial charge in [-0.2, -0.15) is 0 Å². The van der Waals surface area contributed by atoms with Crippen molar-refractivity contribution in [2.24, 2.45) is 0 Å². The SMILES string of the molecule is CCCCC(C)NC(=O)C1CC(C)Nc2ccccc21. The molecule has 1 aromatic rings. The predicted octanol–water partition coefficient (Wildman–Crippen LogP) is 3.67. The smallest absolute Gasteiger partial charge is 0.227 e. The number of fused-ring (bicyclic) bond motifs is 1. The van der Waals surface area contributed by atoms with E-state index in [1.807, 2.05) is 12.1 Å². The molecule has 0 spiro atoms. The molecule has 0 radical (unpaired) electrons. The van der Waals surface area contributed by atoms with Crippen LogP contribution in [0.15, 0.2) is 24.3 Å². The molecule has 2 rings (SSSR count). The Balaban J connectivity index is 2.06. The maximum absolute atomic E-state index is 12.5. The number of carbonyl (C=O) groups excluding carboxylic acids is 1. The summed E-state index contributed by atoms with van der Waals surface area (Å²) in [5.74, 6) is 0.154. The van der Waals surface area contributed by atoms with E-state index < -0.39 is 0 Å². The fraction of sp³-hybridized carbons (Fsp3) is 0.588. The Kier molecular flexibility index (Phi) is 5.05. The fourth-order valence-electron chi connectivity index (χ4n) is 2.91. The summed E-state index contributed by atoms with van der Waals surface area (Å²) in [6, 6.07) is 8.76. The molecule has 20 heavy (non-hydrogen) atoms. The standard InChI is InChI=1S/C17H26N2O/c1-4-5-8-12(2)19-17(20)15-11-13(3)18-16-10-7-6-9-14(15)16/h6-7,9-10,12-13,15,18H,4-5,8,11H2,1-3H3,(H,19,20). The predicted molar refractivity (Wildman–Crippen MR) is 84.0 cm³/mol. The van der Waals surface area contributed by atoms with Crippen molar-refractivity contribution in [3.63, 3.8) is 0 Å². The number of rotatable bonds is 5. The summed E-state index contributed by atoms with van der Waals surface area (Å²) < 4.78 is 0. The molecule has 2 N–H and O–H groups in total. The molecule has 0 bridgehead atoms. The average molecular weight is 274 g/mol. The number of carbonyl (C=O) groups is 1. The summed E-state index contributed by atoms with van der Waals surface area (Å²) in [5.41, 5.74) is 2.23. The summed E-state index contributed by atoms with van der Waals surface area (Å²) in [7, 11) is 0. The van der Waals surface area contributed by atoms with Crippen LogP contribution in [0.1, 0.15) is 57.9 Å². The van der Waals surface area contributed by atoms with Crippen LogP contribution in [-0.4, -0.2) is 18.0 Å². The first-order valence-corrected chi connectivity index (χ1v) is 7.77. The van der Waals surface area contributed by atoms with Gasteiger partial charge in [-0.3, -0.25) is 4.79 Å². The average Bonchev–Trinajstić information content (AvgIpc) is 2.44. The third kappa shape index (κ3) is 3.53. The molecular formula is C17H26N2O. The van der Waals surface area contributed by atoms with Crippen molar-refractivity contribution in [1.29, 1.82) is 0 Å². The second-order valence-corrected chi connectivity index (χ2v) is 5.97. The van der Waals surface area contributed by atoms with Crippen LogP contribution in [-0.2, 0) is 4.79 Å². The normalized spacial score (nSPS) is 22.6. The van der Waals surface area contributed by atoms with E-state index in [1.54, 1.807) is 0 Å². The monoisotopic (exact) mass is 274 g/mol. The molecule has 3 atom stereocenters. The third-order valence-corrected chi connectivity index (χ3v) is 4.02. The van der Waals surface area contributed by atoms with Crippen LogP contribution in [0.25, 0.3) is 0 Å². The summed E-state index contributed by atoms with van der Waals surface area (Å²) in [6.45, 7) is 6.42. The highest BCUT2D eigenvalue weighted by Gasteiger charge is 2.29. The van der Waals surface area contributed by atoms with Crippen molar-refractivity contribution in [3.8, 4) is 0 Å². The van der Waals surface area contributed by atoms with E-state index in [2.05, 4.69) is 43.5 Å². The molecule has 3 unspecified atom stereocenters. The van der Waals surface area contributed by atoms with E-state index in [1.165, 1.54) is 12.8 Å². The Morgan fingerprint density at radius 3 is 2.95 bits per heavy atom. The van der Waals surface area contributed by atoms with E-state index in [9.17, 15) is 4.79 Å². The van der Waals surface area contributed by atoms with Gasteiger partial charge in [0.05, 0.1) is 5.92 Å². The lowest BCUT2D eigenvalue weighted by Crippen LogP contribution is -2.39. The number of hydrogen-bond acceptors (Lipinski definition) is 2. The van der Waals surface area contributed by atoms with Crippen LogP contribution in [0.4, 0.5) is 5.69 Å². The number of para-hydroxylation sites is 1. The Labute approximate surface area is 122 Å². The molecule has 0 aromatic heterocycles. The molecule has 3 nitrogen and oxygen atoms in total. The topological polar surface area (TPSA) is 41.1 Å². The van der Waals surface area contributed by atoms with Gasteiger partial charge in [-0.05, 0) is 38.3 Å². The zero-order chi connectivity index (χ0) is 14.5. The minimum Gasteiger partial charge on any atom is -0.382 e. The quantitative estimate of drug-likeness (QED) is 0.860. The van der Waals surface area contributed by atoms with Crippen molar-refractivity contribution in [2.75, 3.05) is 5.32 Å². The summed E-state index contributed by atoms with van der Waals surface area (Å²) in [4.78, 5) is 12.5. The maximum atomic E-state index is 12.5. The van der Waals surface area contributed by atoms with Gasteiger partial charge in [-0.1, -0.05) is 38.0 Å². The number of amides is 1. The van der Waals surface area contributed by atoms with Gasteiger partial charge in [0.2, 0.25) is 5.91 Å². The van der Waals surface area contributed by atoms with Gasteiger partial charge in [-0.25, -0.2) is 0 Å². The second kappa shape index (κ2) is 6.78. The Bertz CT molecular complexity index is 458. The van der Waals surface area contributed by atoms with Gasteiger partial charge in [0.15, 0.2) is 0 Å². The molecule has 110 valence electrons. The van der Waals surface area contributed by atoms with Gasteiger partial charge in [-0.15, -0.1) is 0 Å². The molecule has 1 aromatic carbocycles. The Morgan fingerprint density at radius 1 is 1.45 bits per heavy atom. The molecule has 0 saturated carbocycles. The number of benzene rings is 1. The van der Waals surface area contributed by atoms with Crippen LogP contribution >= 0.6 is 0 Å². The molecule has 1 aliphatic rings. The molecule has 1 heterocycles. The van der Waals surface area contributed by atoms with Crippen molar-refractivity contribution in [2.45, 2.75) is 64.5 Å². The Morgan fingerprint density at radius 2 is 2.20 bits per heavy atom. The molecule has 1 aliphatic heterocycles. The number of unbranched alkanes of at least 4 members (excludes halogenated alkanes) is 1. The van der Waals surface area contributed by atoms with Gasteiger partial charge in [0, 0.05) is 17.8 Å². The maximum Gasteiger partial charge on any atom is 0.227 e. The minimum atomic E-state index is -0.0217. The molecule has 0 aliphatic carbocycles. The molecule has 0 saturated heterocycles. The van der Waals surface area contributed by atoms with Crippen molar-refractivity contribution >= 4 is 11.6 Å². The fourth-order valence-corrected chi connectivity index (χ4v) is 2.91. The van der Waals surface area contributed by atoms with Gasteiger partial charge >= 0.3 is 0 Å². The van der Waals surface area contributed by atoms with E-state index >= 15 is 0 Å². The lowest BCUT2D eigenvalue weighted by atomic mass is 9.86. The highest BCUT2D eigenvalue weighted by molar-refractivity contribution is 5.86. The molecular weight excluding hydrogens is 248 g/mol. The first kappa shape index (κ1) is 14.9. The number of nitrogens with one attached hydrogen (secondary N) is 2. The Hall–Kier alpha value is -1.51. The molecule has 3 heteroatoms. The lowest BCUT2D eigenvalue weighted by molar-refractivity contribution is -0.123. The van der Waals surface area contributed by atoms with Crippen LogP contribution < -0.4 is 10.6 Å². The summed E-state index contributed by atoms with van der Waals surface area (Å²) in [5, 5.41) is 6.63. The number of anilines is 1. The van der Waals surface area contributed by atoms with E-state index in [-0.39, 0.29) is 17.9 Å². The van der Waals surface area contributed by atoms with Crippen molar-refractivity contribution < 1.29 is 4.79 Å². The summed E-state index contributed by atoms with van der Waals surface area (Å²) >= 11 is 0. The zero-order valence-electron chi connectivity index (χ0n) is 12.8. The molecule has 0 fully saturated rings. The van der Waals surface area contributed by atoms with Crippen LogP contribution in [0.3, 0.4) is 0 Å². The first-order chi connectivity index (χ1) is 9.61. The number of hydrogen-bond donors (Lipinski definition) is 2. The highest BCUT2D eigenvalue weighted by atomic mass is 16.1. The lowest BCUT2D eigenvalue weighted by Gasteiger charge is -2.31. The summed E-state index contributed by atoms with van der Waals surface area (Å²) in [6.07, 6.45) is 4.27. The van der Waals surface area contributed by atoms with E-state index in [0.29, 0.717) is 6.04 Å². The van der Waals surface area contributed by atoms with Crippen molar-refractivity contribution in [3.05, 3.63) is 29.8 Å². The van der Waals surface area contributed by atoms with Crippen LogP contribution in [0, 0.1) is 0 Å². The largest absolute Gasteiger partial charge is 0.382 e.